The highest BCUT2D eigenvalue weighted by atomic mass is 35.5. The second-order valence-corrected chi connectivity index (χ2v) is 6.36. The van der Waals surface area contributed by atoms with Crippen molar-refractivity contribution in [3.63, 3.8) is 0 Å². The Morgan fingerprint density at radius 2 is 1.46 bits per heavy atom. The van der Waals surface area contributed by atoms with Crippen molar-refractivity contribution in [2.24, 2.45) is 0 Å². The van der Waals surface area contributed by atoms with E-state index in [-0.39, 0.29) is 6.61 Å². The van der Waals surface area contributed by atoms with Crippen LogP contribution in [0.2, 0.25) is 5.02 Å². The van der Waals surface area contributed by atoms with E-state index in [9.17, 15) is 5.11 Å². The minimum absolute atomic E-state index is 0.127. The molecular weight excluding hydrogens is 344 g/mol. The molecule has 0 aliphatic rings. The van der Waals surface area contributed by atoms with E-state index in [0.717, 1.165) is 28.1 Å². The highest BCUT2D eigenvalue weighted by Crippen LogP contribution is 2.34. The minimum atomic E-state index is -0.127. The molecular formula is C22H17ClN2O. The molecule has 1 N–H and O–H groups in total. The summed E-state index contributed by atoms with van der Waals surface area (Å²) in [6, 6.07) is 27.9. The summed E-state index contributed by atoms with van der Waals surface area (Å²) in [5.41, 5.74) is 5.54. The fourth-order valence-electron chi connectivity index (χ4n) is 3.08. The number of aromatic nitrogens is 2. The van der Waals surface area contributed by atoms with Crippen molar-refractivity contribution in [2.75, 3.05) is 0 Å². The van der Waals surface area contributed by atoms with Gasteiger partial charge in [-0.05, 0) is 29.3 Å². The maximum Gasteiger partial charge on any atom is 0.0889 e. The number of rotatable bonds is 4. The molecule has 0 atom stereocenters. The summed E-state index contributed by atoms with van der Waals surface area (Å²) in [4.78, 5) is 0. The lowest BCUT2D eigenvalue weighted by atomic mass is 9.97. The SMILES string of the molecule is OCc1cc(-c2ccccc2-c2ccccc2)n(-c2ccccc2Cl)n1. The predicted octanol–water partition coefficient (Wildman–Crippen LogP) is 5.35. The summed E-state index contributed by atoms with van der Waals surface area (Å²) in [5, 5.41) is 14.8. The number of aliphatic hydroxyl groups is 1. The van der Waals surface area contributed by atoms with E-state index in [1.54, 1.807) is 4.68 Å². The van der Waals surface area contributed by atoms with Crippen LogP contribution in [0, 0.1) is 0 Å². The molecule has 0 radical (unpaired) electrons. The van der Waals surface area contributed by atoms with E-state index in [1.807, 2.05) is 60.7 Å². The number of para-hydroxylation sites is 1. The average Bonchev–Trinajstić information content (AvgIpc) is 3.13. The first-order valence-electron chi connectivity index (χ1n) is 8.37. The zero-order chi connectivity index (χ0) is 17.9. The predicted molar refractivity (Wildman–Crippen MR) is 105 cm³/mol. The van der Waals surface area contributed by atoms with Crippen molar-refractivity contribution in [2.45, 2.75) is 6.61 Å². The van der Waals surface area contributed by atoms with Gasteiger partial charge in [-0.2, -0.15) is 5.10 Å². The maximum atomic E-state index is 9.62. The molecule has 128 valence electrons. The summed E-state index contributed by atoms with van der Waals surface area (Å²) in [6.07, 6.45) is 0. The van der Waals surface area contributed by atoms with Crippen LogP contribution in [0.5, 0.6) is 0 Å². The van der Waals surface area contributed by atoms with Crippen LogP contribution in [0.25, 0.3) is 28.1 Å². The number of benzene rings is 3. The van der Waals surface area contributed by atoms with Gasteiger partial charge in [-0.1, -0.05) is 78.3 Å². The Hall–Kier alpha value is -2.88. The fraction of sp³-hybridized carbons (Fsp3) is 0.0455. The molecule has 0 aliphatic heterocycles. The largest absolute Gasteiger partial charge is 0.390 e. The summed E-state index contributed by atoms with van der Waals surface area (Å²) in [7, 11) is 0. The highest BCUT2D eigenvalue weighted by Gasteiger charge is 2.16. The second kappa shape index (κ2) is 7.16. The van der Waals surface area contributed by atoms with Crippen molar-refractivity contribution in [3.8, 4) is 28.1 Å². The molecule has 26 heavy (non-hydrogen) atoms. The highest BCUT2D eigenvalue weighted by molar-refractivity contribution is 6.32. The lowest BCUT2D eigenvalue weighted by Crippen LogP contribution is -2.01. The Balaban J connectivity index is 1.96. The third kappa shape index (κ3) is 3.03. The van der Waals surface area contributed by atoms with Gasteiger partial charge in [-0.3, -0.25) is 0 Å². The van der Waals surface area contributed by atoms with Crippen molar-refractivity contribution < 1.29 is 5.11 Å². The van der Waals surface area contributed by atoms with Crippen LogP contribution >= 0.6 is 11.6 Å². The van der Waals surface area contributed by atoms with Crippen LogP contribution in [-0.4, -0.2) is 14.9 Å². The monoisotopic (exact) mass is 360 g/mol. The van der Waals surface area contributed by atoms with Gasteiger partial charge in [0.1, 0.15) is 0 Å². The molecule has 3 aromatic carbocycles. The molecule has 1 heterocycles. The Bertz CT molecular complexity index is 1040. The van der Waals surface area contributed by atoms with Gasteiger partial charge in [0.25, 0.3) is 0 Å². The first-order valence-corrected chi connectivity index (χ1v) is 8.75. The standard InChI is InChI=1S/C22H17ClN2O/c23-20-12-6-7-13-21(20)25-22(14-17(15-26)24-25)19-11-5-4-10-18(19)16-8-2-1-3-9-16/h1-14,26H,15H2. The molecule has 0 bridgehead atoms. The van der Waals surface area contributed by atoms with Gasteiger partial charge in [0.2, 0.25) is 0 Å². The molecule has 0 saturated heterocycles. The molecule has 4 rings (SSSR count). The Kier molecular flexibility index (Phi) is 4.57. The Morgan fingerprint density at radius 3 is 2.19 bits per heavy atom. The number of hydrogen-bond donors (Lipinski definition) is 1. The van der Waals surface area contributed by atoms with Crippen molar-refractivity contribution in [1.82, 2.24) is 9.78 Å². The quantitative estimate of drug-likeness (QED) is 0.532. The van der Waals surface area contributed by atoms with Crippen molar-refractivity contribution >= 4 is 11.6 Å². The molecule has 3 nitrogen and oxygen atoms in total. The van der Waals surface area contributed by atoms with Gasteiger partial charge < -0.3 is 5.11 Å². The van der Waals surface area contributed by atoms with Crippen LogP contribution < -0.4 is 0 Å². The fourth-order valence-corrected chi connectivity index (χ4v) is 3.30. The first kappa shape index (κ1) is 16.6. The lowest BCUT2D eigenvalue weighted by Gasteiger charge is -2.13. The molecule has 0 fully saturated rings. The van der Waals surface area contributed by atoms with Crippen LogP contribution in [0.1, 0.15) is 5.69 Å². The normalized spacial score (nSPS) is 10.8. The van der Waals surface area contributed by atoms with Gasteiger partial charge in [0.15, 0.2) is 0 Å². The van der Waals surface area contributed by atoms with Gasteiger partial charge in [-0.15, -0.1) is 0 Å². The number of halogens is 1. The third-order valence-electron chi connectivity index (χ3n) is 4.29. The van der Waals surface area contributed by atoms with Gasteiger partial charge in [0, 0.05) is 5.56 Å². The van der Waals surface area contributed by atoms with Crippen LogP contribution in [0.4, 0.5) is 0 Å². The number of hydrogen-bond acceptors (Lipinski definition) is 2. The molecule has 1 aromatic heterocycles. The van der Waals surface area contributed by atoms with Crippen LogP contribution in [0.15, 0.2) is 84.9 Å². The molecule has 0 aliphatic carbocycles. The third-order valence-corrected chi connectivity index (χ3v) is 4.61. The molecule has 0 spiro atoms. The lowest BCUT2D eigenvalue weighted by molar-refractivity contribution is 0.276. The summed E-state index contributed by atoms with van der Waals surface area (Å²) in [6.45, 7) is -0.127. The maximum absolute atomic E-state index is 9.62. The van der Waals surface area contributed by atoms with Gasteiger partial charge in [-0.25, -0.2) is 4.68 Å². The smallest absolute Gasteiger partial charge is 0.0889 e. The topological polar surface area (TPSA) is 38.0 Å². The molecule has 4 heteroatoms. The number of nitrogens with zero attached hydrogens (tertiary/aromatic N) is 2. The van der Waals surface area contributed by atoms with Crippen molar-refractivity contribution in [3.05, 3.63) is 95.6 Å². The zero-order valence-corrected chi connectivity index (χ0v) is 14.8. The summed E-state index contributed by atoms with van der Waals surface area (Å²) in [5.74, 6) is 0. The van der Waals surface area contributed by atoms with E-state index >= 15 is 0 Å². The summed E-state index contributed by atoms with van der Waals surface area (Å²) >= 11 is 6.40. The zero-order valence-electron chi connectivity index (χ0n) is 14.0. The molecule has 0 unspecified atom stereocenters. The van der Waals surface area contributed by atoms with E-state index < -0.39 is 0 Å². The van der Waals surface area contributed by atoms with Gasteiger partial charge in [0.05, 0.1) is 28.7 Å². The van der Waals surface area contributed by atoms with E-state index in [2.05, 4.69) is 29.4 Å². The molecule has 0 saturated carbocycles. The van der Waals surface area contributed by atoms with Gasteiger partial charge >= 0.3 is 0 Å². The van der Waals surface area contributed by atoms with Crippen LogP contribution in [-0.2, 0) is 6.61 Å². The van der Waals surface area contributed by atoms with E-state index in [4.69, 9.17) is 11.6 Å². The molecule has 4 aromatic rings. The van der Waals surface area contributed by atoms with Crippen LogP contribution in [0.3, 0.4) is 0 Å². The number of aliphatic hydroxyl groups excluding tert-OH is 1. The summed E-state index contributed by atoms with van der Waals surface area (Å²) < 4.78 is 1.80. The minimum Gasteiger partial charge on any atom is -0.390 e. The second-order valence-electron chi connectivity index (χ2n) is 5.95. The average molecular weight is 361 g/mol. The first-order chi connectivity index (χ1) is 12.8. The molecule has 0 amide bonds. The van der Waals surface area contributed by atoms with Crippen molar-refractivity contribution in [1.29, 1.82) is 0 Å². The van der Waals surface area contributed by atoms with E-state index in [1.165, 1.54) is 0 Å². The Morgan fingerprint density at radius 1 is 0.808 bits per heavy atom. The van der Waals surface area contributed by atoms with E-state index in [0.29, 0.717) is 10.7 Å². The Labute approximate surface area is 157 Å².